The Morgan fingerprint density at radius 2 is 2.04 bits per heavy atom. The Hall–Kier alpha value is -3.67. The van der Waals surface area contributed by atoms with E-state index in [0.29, 0.717) is 10.7 Å². The maximum atomic E-state index is 13.1. The van der Waals surface area contributed by atoms with Gasteiger partial charge in [-0.2, -0.15) is 4.98 Å². The fraction of sp³-hybridized carbons (Fsp3) is 0. The second kappa shape index (κ2) is 6.00. The standard InChI is InChI=1S/C14H9FN8O2S/c15-8-3-1-7(2-4-8)9-5-26-14-20-13(21-22(9)14)19-12-10(23(24)25)11(16)17-6-18-12/h1-6H,(H3,16,17,18,19,21). The Bertz CT molecular complexity index is 1120. The molecule has 0 aliphatic rings. The van der Waals surface area contributed by atoms with Gasteiger partial charge in [0.25, 0.3) is 0 Å². The van der Waals surface area contributed by atoms with Gasteiger partial charge in [-0.15, -0.1) is 16.4 Å². The van der Waals surface area contributed by atoms with Crippen molar-refractivity contribution in [2.24, 2.45) is 0 Å². The first kappa shape index (κ1) is 15.8. The highest BCUT2D eigenvalue weighted by molar-refractivity contribution is 7.15. The van der Waals surface area contributed by atoms with E-state index in [0.717, 1.165) is 11.9 Å². The van der Waals surface area contributed by atoms with Gasteiger partial charge in [-0.1, -0.05) is 0 Å². The largest absolute Gasteiger partial charge is 0.378 e. The Balaban J connectivity index is 1.73. The molecule has 3 heterocycles. The van der Waals surface area contributed by atoms with E-state index in [4.69, 9.17) is 5.73 Å². The molecule has 0 amide bonds. The molecular formula is C14H9FN8O2S. The van der Waals surface area contributed by atoms with E-state index in [-0.39, 0.29) is 23.4 Å². The summed E-state index contributed by atoms with van der Waals surface area (Å²) in [7, 11) is 0. The molecule has 0 fully saturated rings. The highest BCUT2D eigenvalue weighted by Crippen LogP contribution is 2.30. The average molecular weight is 372 g/mol. The number of fused-ring (bicyclic) bond motifs is 1. The summed E-state index contributed by atoms with van der Waals surface area (Å²) in [6.45, 7) is 0. The minimum absolute atomic E-state index is 0.107. The predicted molar refractivity (Wildman–Crippen MR) is 92.6 cm³/mol. The van der Waals surface area contributed by atoms with Gasteiger partial charge < -0.3 is 11.1 Å². The van der Waals surface area contributed by atoms with Crippen LogP contribution < -0.4 is 11.1 Å². The van der Waals surface area contributed by atoms with Crippen LogP contribution in [0.2, 0.25) is 0 Å². The maximum absolute atomic E-state index is 13.1. The molecule has 1 aromatic carbocycles. The van der Waals surface area contributed by atoms with Gasteiger partial charge in [-0.3, -0.25) is 10.1 Å². The number of nitrogen functional groups attached to an aromatic ring is 1. The summed E-state index contributed by atoms with van der Waals surface area (Å²) in [6.07, 6.45) is 1.10. The third-order valence-corrected chi connectivity index (χ3v) is 4.30. The topological polar surface area (TPSA) is 137 Å². The van der Waals surface area contributed by atoms with Gasteiger partial charge in [-0.05, 0) is 24.3 Å². The number of aromatic nitrogens is 5. The second-order valence-corrected chi connectivity index (χ2v) is 5.93. The predicted octanol–water partition coefficient (Wildman–Crippen LogP) is 2.62. The zero-order chi connectivity index (χ0) is 18.3. The second-order valence-electron chi connectivity index (χ2n) is 5.10. The first-order valence-corrected chi connectivity index (χ1v) is 8.03. The van der Waals surface area contributed by atoms with Crippen molar-refractivity contribution < 1.29 is 9.31 Å². The quantitative estimate of drug-likeness (QED) is 0.412. The summed E-state index contributed by atoms with van der Waals surface area (Å²) < 4.78 is 14.7. The minimum Gasteiger partial charge on any atom is -0.378 e. The minimum atomic E-state index is -0.681. The zero-order valence-corrected chi connectivity index (χ0v) is 13.6. The highest BCUT2D eigenvalue weighted by Gasteiger charge is 2.22. The number of thiazole rings is 1. The zero-order valence-electron chi connectivity index (χ0n) is 12.8. The summed E-state index contributed by atoms with van der Waals surface area (Å²) in [5, 5.41) is 20.0. The van der Waals surface area contributed by atoms with Gasteiger partial charge in [0.15, 0.2) is 0 Å². The average Bonchev–Trinajstić information content (AvgIpc) is 3.15. The molecule has 12 heteroatoms. The van der Waals surface area contributed by atoms with Crippen LogP contribution in [0.1, 0.15) is 0 Å². The molecule has 4 aromatic rings. The third kappa shape index (κ3) is 2.67. The lowest BCUT2D eigenvalue weighted by molar-refractivity contribution is -0.383. The molecule has 0 bridgehead atoms. The Morgan fingerprint density at radius 3 is 2.77 bits per heavy atom. The van der Waals surface area contributed by atoms with E-state index in [2.05, 4.69) is 25.4 Å². The van der Waals surface area contributed by atoms with Gasteiger partial charge >= 0.3 is 5.69 Å². The van der Waals surface area contributed by atoms with Crippen LogP contribution in [0.15, 0.2) is 36.0 Å². The Morgan fingerprint density at radius 1 is 1.27 bits per heavy atom. The fourth-order valence-electron chi connectivity index (χ4n) is 2.32. The maximum Gasteiger partial charge on any atom is 0.353 e. The molecule has 0 unspecified atom stereocenters. The number of nitro groups is 1. The van der Waals surface area contributed by atoms with Crippen LogP contribution in [-0.4, -0.2) is 29.5 Å². The van der Waals surface area contributed by atoms with E-state index in [1.54, 1.807) is 16.6 Å². The number of nitrogens with zero attached hydrogens (tertiary/aromatic N) is 6. The van der Waals surface area contributed by atoms with Crippen LogP contribution in [-0.2, 0) is 0 Å². The smallest absolute Gasteiger partial charge is 0.353 e. The van der Waals surface area contributed by atoms with Crippen LogP contribution in [0.3, 0.4) is 0 Å². The molecule has 130 valence electrons. The number of anilines is 3. The number of hydrogen-bond donors (Lipinski definition) is 2. The van der Waals surface area contributed by atoms with Gasteiger partial charge in [0.05, 0.1) is 10.6 Å². The fourth-order valence-corrected chi connectivity index (χ4v) is 3.15. The lowest BCUT2D eigenvalue weighted by atomic mass is 10.2. The lowest BCUT2D eigenvalue weighted by Gasteiger charge is -2.03. The summed E-state index contributed by atoms with van der Waals surface area (Å²) in [4.78, 5) is 22.7. The molecule has 26 heavy (non-hydrogen) atoms. The van der Waals surface area contributed by atoms with Crippen molar-refractivity contribution in [3.8, 4) is 11.3 Å². The third-order valence-electron chi connectivity index (χ3n) is 3.48. The van der Waals surface area contributed by atoms with Crippen molar-refractivity contribution >= 4 is 39.6 Å². The van der Waals surface area contributed by atoms with Crippen molar-refractivity contribution in [3.05, 3.63) is 51.9 Å². The number of halogens is 1. The molecule has 0 saturated carbocycles. The van der Waals surface area contributed by atoms with Crippen molar-refractivity contribution in [2.45, 2.75) is 0 Å². The van der Waals surface area contributed by atoms with Gasteiger partial charge in [0, 0.05) is 10.9 Å². The highest BCUT2D eigenvalue weighted by atomic mass is 32.1. The molecular weight excluding hydrogens is 363 g/mol. The van der Waals surface area contributed by atoms with Crippen molar-refractivity contribution in [1.82, 2.24) is 24.6 Å². The van der Waals surface area contributed by atoms with Crippen molar-refractivity contribution in [2.75, 3.05) is 11.1 Å². The van der Waals surface area contributed by atoms with Crippen molar-refractivity contribution in [3.63, 3.8) is 0 Å². The number of nitrogens with two attached hydrogens (primary N) is 1. The van der Waals surface area contributed by atoms with E-state index < -0.39 is 10.6 Å². The van der Waals surface area contributed by atoms with Crippen molar-refractivity contribution in [1.29, 1.82) is 0 Å². The molecule has 0 radical (unpaired) electrons. The van der Waals surface area contributed by atoms with Gasteiger partial charge in [0.1, 0.15) is 12.1 Å². The SMILES string of the molecule is Nc1ncnc(Nc2nc3scc(-c4ccc(F)cc4)n3n2)c1[N+](=O)[O-]. The van der Waals surface area contributed by atoms with Crippen LogP contribution >= 0.6 is 11.3 Å². The van der Waals surface area contributed by atoms with Crippen LogP contribution in [0.25, 0.3) is 16.2 Å². The summed E-state index contributed by atoms with van der Waals surface area (Å²) in [5.41, 5.74) is 6.55. The van der Waals surface area contributed by atoms with Crippen LogP contribution in [0.4, 0.5) is 27.7 Å². The van der Waals surface area contributed by atoms with E-state index >= 15 is 0 Å². The van der Waals surface area contributed by atoms with Gasteiger partial charge in [0.2, 0.25) is 22.5 Å². The van der Waals surface area contributed by atoms with E-state index in [1.807, 2.05) is 5.38 Å². The number of nitrogens with one attached hydrogen (secondary N) is 1. The molecule has 0 saturated heterocycles. The monoisotopic (exact) mass is 372 g/mol. The lowest BCUT2D eigenvalue weighted by Crippen LogP contribution is -2.05. The molecule has 0 aliphatic heterocycles. The Kier molecular flexibility index (Phi) is 3.65. The van der Waals surface area contributed by atoms with Crippen LogP contribution in [0, 0.1) is 15.9 Å². The number of benzene rings is 1. The summed E-state index contributed by atoms with van der Waals surface area (Å²) >= 11 is 1.32. The molecule has 0 spiro atoms. The Labute approximate surface area is 148 Å². The van der Waals surface area contributed by atoms with E-state index in [1.165, 1.54) is 23.5 Å². The summed E-state index contributed by atoms with van der Waals surface area (Å²) in [5.74, 6) is -0.596. The molecule has 0 aliphatic carbocycles. The molecule has 10 nitrogen and oxygen atoms in total. The van der Waals surface area contributed by atoms with E-state index in [9.17, 15) is 14.5 Å². The number of hydrogen-bond acceptors (Lipinski definition) is 9. The molecule has 3 N–H and O–H groups in total. The molecule has 0 atom stereocenters. The van der Waals surface area contributed by atoms with Gasteiger partial charge in [-0.25, -0.2) is 18.9 Å². The molecule has 4 rings (SSSR count). The number of rotatable bonds is 4. The normalized spacial score (nSPS) is 11.0. The first-order valence-electron chi connectivity index (χ1n) is 7.15. The van der Waals surface area contributed by atoms with Crippen LogP contribution in [0.5, 0.6) is 0 Å². The molecule has 3 aromatic heterocycles. The summed E-state index contributed by atoms with van der Waals surface area (Å²) in [6, 6.07) is 5.95. The first-order chi connectivity index (χ1) is 12.5.